The fourth-order valence-electron chi connectivity index (χ4n) is 4.56. The van der Waals surface area contributed by atoms with Gasteiger partial charge in [-0.2, -0.15) is 0 Å². The van der Waals surface area contributed by atoms with Crippen LogP contribution in [-0.2, 0) is 19.2 Å². The van der Waals surface area contributed by atoms with Gasteiger partial charge in [-0.05, 0) is 12.8 Å². The molecule has 0 saturated carbocycles. The maximum atomic E-state index is 12.4. The molecular formula is C30H62N6O4+2. The van der Waals surface area contributed by atoms with Crippen LogP contribution in [0.15, 0.2) is 0 Å². The van der Waals surface area contributed by atoms with Crippen LogP contribution in [0.4, 0.5) is 0 Å². The highest BCUT2D eigenvalue weighted by Crippen LogP contribution is 2.05. The number of nitrogens with zero attached hydrogens (tertiary/aromatic N) is 2. The Morgan fingerprint density at radius 3 is 0.950 bits per heavy atom. The van der Waals surface area contributed by atoms with Gasteiger partial charge in [-0.25, -0.2) is 0 Å². The number of carbonyl (C=O) groups excluding carboxylic acids is 4. The van der Waals surface area contributed by atoms with E-state index < -0.39 is 0 Å². The molecule has 0 unspecified atom stereocenters. The monoisotopic (exact) mass is 570 g/mol. The minimum atomic E-state index is -0.166. The second-order valence-corrected chi connectivity index (χ2v) is 12.4. The van der Waals surface area contributed by atoms with Gasteiger partial charge in [0.2, 0.25) is 0 Å². The van der Waals surface area contributed by atoms with Gasteiger partial charge in [0.25, 0.3) is 23.6 Å². The summed E-state index contributed by atoms with van der Waals surface area (Å²) >= 11 is 0. The van der Waals surface area contributed by atoms with Crippen LogP contribution in [0.3, 0.4) is 0 Å². The first-order valence-electron chi connectivity index (χ1n) is 15.6. The van der Waals surface area contributed by atoms with Gasteiger partial charge in [-0.1, -0.05) is 78.1 Å². The van der Waals surface area contributed by atoms with E-state index in [-0.39, 0.29) is 58.8 Å². The number of amides is 4. The smallest absolute Gasteiger partial charge is 0.275 e. The number of unbranched alkanes of at least 4 members (excludes halogenated alkanes) is 10. The van der Waals surface area contributed by atoms with Gasteiger partial charge in [0.1, 0.15) is 0 Å². The van der Waals surface area contributed by atoms with E-state index in [2.05, 4.69) is 35.1 Å². The number of nitrogens with one attached hydrogen (secondary N) is 4. The van der Waals surface area contributed by atoms with E-state index in [1.807, 2.05) is 28.2 Å². The van der Waals surface area contributed by atoms with Crippen molar-refractivity contribution in [3.63, 3.8) is 0 Å². The third kappa shape index (κ3) is 23.7. The molecule has 0 radical (unpaired) electrons. The zero-order valence-electron chi connectivity index (χ0n) is 26.7. The van der Waals surface area contributed by atoms with E-state index in [1.54, 1.807) is 0 Å². The van der Waals surface area contributed by atoms with Gasteiger partial charge in [0, 0.05) is 26.2 Å². The summed E-state index contributed by atoms with van der Waals surface area (Å²) in [5, 5.41) is 11.5. The first kappa shape index (κ1) is 37.8. The van der Waals surface area contributed by atoms with Gasteiger partial charge >= 0.3 is 0 Å². The lowest BCUT2D eigenvalue weighted by molar-refractivity contribution is -0.874. The molecule has 4 N–H and O–H groups in total. The van der Waals surface area contributed by atoms with Gasteiger partial charge in [-0.15, -0.1) is 0 Å². The van der Waals surface area contributed by atoms with E-state index in [1.165, 1.54) is 51.4 Å². The summed E-state index contributed by atoms with van der Waals surface area (Å²) in [5.41, 5.74) is 0. The molecule has 0 aromatic carbocycles. The number of rotatable bonds is 25. The molecule has 10 heteroatoms. The van der Waals surface area contributed by atoms with Gasteiger partial charge in [-0.3, -0.25) is 19.2 Å². The molecule has 0 aliphatic carbocycles. The first-order valence-corrected chi connectivity index (χ1v) is 15.6. The number of hydrogen-bond acceptors (Lipinski definition) is 4. The molecule has 10 nitrogen and oxygen atoms in total. The Kier molecular flexibility index (Phi) is 21.2. The third-order valence-corrected chi connectivity index (χ3v) is 6.76. The molecular weight excluding hydrogens is 508 g/mol. The summed E-state index contributed by atoms with van der Waals surface area (Å²) in [7, 11) is 7.43. The summed E-state index contributed by atoms with van der Waals surface area (Å²) in [5.74, 6) is -0.423. The maximum Gasteiger partial charge on any atom is 0.275 e. The van der Waals surface area contributed by atoms with Crippen LogP contribution in [0.25, 0.3) is 0 Å². The van der Waals surface area contributed by atoms with Crippen LogP contribution in [0.2, 0.25) is 0 Å². The summed E-state index contributed by atoms with van der Waals surface area (Å²) in [6.07, 6.45) is 14.1. The van der Waals surface area contributed by atoms with Crippen LogP contribution in [0.1, 0.15) is 90.9 Å². The van der Waals surface area contributed by atoms with Gasteiger partial charge in [0.05, 0.1) is 28.2 Å². The van der Waals surface area contributed by atoms with Crippen molar-refractivity contribution in [2.24, 2.45) is 0 Å². The highest BCUT2D eigenvalue weighted by molar-refractivity contribution is 5.80. The van der Waals surface area contributed by atoms with Crippen molar-refractivity contribution in [3.05, 3.63) is 0 Å². The lowest BCUT2D eigenvalue weighted by Crippen LogP contribution is -2.54. The molecule has 0 aromatic heterocycles. The standard InChI is InChI=1S/C30H60N6O4/c1-7-9-11-13-15-17-19-31-27(37)23-35(3,4)25-29(39)33-21-22-34-30(40)26-36(5,6)24-28(38)32-20-18-16-14-12-10-8-2/h7-26H2,1-6H3,(H2-2,31,32,33,34,37,38,39,40)/p+2. The van der Waals surface area contributed by atoms with Gasteiger partial charge < -0.3 is 30.2 Å². The minimum absolute atomic E-state index is 0.0459. The van der Waals surface area contributed by atoms with Crippen molar-refractivity contribution in [1.29, 1.82) is 0 Å². The van der Waals surface area contributed by atoms with Crippen LogP contribution in [-0.4, -0.2) is 113 Å². The predicted octanol–water partition coefficient (Wildman–Crippen LogP) is 2.33. The average molecular weight is 571 g/mol. The van der Waals surface area contributed by atoms with Crippen LogP contribution in [0.5, 0.6) is 0 Å². The molecule has 0 heterocycles. The predicted molar refractivity (Wildman–Crippen MR) is 162 cm³/mol. The lowest BCUT2D eigenvalue weighted by atomic mass is 10.1. The van der Waals surface area contributed by atoms with Crippen LogP contribution >= 0.6 is 0 Å². The average Bonchev–Trinajstić information content (AvgIpc) is 2.84. The molecule has 234 valence electrons. The zero-order valence-corrected chi connectivity index (χ0v) is 26.7. The van der Waals surface area contributed by atoms with Crippen molar-refractivity contribution >= 4 is 23.6 Å². The summed E-state index contributed by atoms with van der Waals surface area (Å²) in [4.78, 5) is 49.3. The van der Waals surface area contributed by atoms with Crippen molar-refractivity contribution < 1.29 is 28.1 Å². The molecule has 0 aromatic rings. The maximum absolute atomic E-state index is 12.4. The fourth-order valence-corrected chi connectivity index (χ4v) is 4.56. The minimum Gasteiger partial charge on any atom is -0.351 e. The Morgan fingerprint density at radius 1 is 0.400 bits per heavy atom. The topological polar surface area (TPSA) is 116 Å². The Labute approximate surface area is 244 Å². The van der Waals surface area contributed by atoms with Crippen molar-refractivity contribution in [2.45, 2.75) is 90.9 Å². The first-order chi connectivity index (χ1) is 18.9. The van der Waals surface area contributed by atoms with E-state index in [0.717, 1.165) is 25.7 Å². The second kappa shape index (κ2) is 22.5. The molecule has 0 spiro atoms. The highest BCUT2D eigenvalue weighted by atomic mass is 16.2. The zero-order chi connectivity index (χ0) is 30.3. The Morgan fingerprint density at radius 2 is 0.650 bits per heavy atom. The summed E-state index contributed by atoms with van der Waals surface area (Å²) < 4.78 is 0.514. The molecule has 0 rings (SSSR count). The number of likely N-dealkylation sites (N-methyl/N-ethyl adjacent to an activating group) is 2. The number of quaternary nitrogens is 2. The lowest BCUT2D eigenvalue weighted by Gasteiger charge is -2.28. The molecule has 0 atom stereocenters. The SMILES string of the molecule is CCCCCCCCNC(=O)C[N+](C)(C)CC(=O)NCCNC(=O)C[N+](C)(C)CC(=O)NCCCCCCCC. The molecule has 0 aliphatic rings. The largest absolute Gasteiger partial charge is 0.351 e. The number of carbonyl (C=O) groups is 4. The Hall–Kier alpha value is -2.20. The highest BCUT2D eigenvalue weighted by Gasteiger charge is 2.25. The Balaban J connectivity index is 4.04. The quantitative estimate of drug-likeness (QED) is 0.0996. The third-order valence-electron chi connectivity index (χ3n) is 6.76. The second-order valence-electron chi connectivity index (χ2n) is 12.4. The van der Waals surface area contributed by atoms with Crippen molar-refractivity contribution in [1.82, 2.24) is 21.3 Å². The van der Waals surface area contributed by atoms with E-state index in [9.17, 15) is 19.2 Å². The molecule has 4 amide bonds. The normalized spacial score (nSPS) is 11.7. The fraction of sp³-hybridized carbons (Fsp3) is 0.867. The van der Waals surface area contributed by atoms with E-state index in [0.29, 0.717) is 26.2 Å². The van der Waals surface area contributed by atoms with Crippen LogP contribution < -0.4 is 21.3 Å². The van der Waals surface area contributed by atoms with Gasteiger partial charge in [0.15, 0.2) is 26.2 Å². The summed E-state index contributed by atoms with van der Waals surface area (Å²) in [6.45, 7) is 7.19. The number of hydrogen-bond donors (Lipinski definition) is 4. The molecule has 0 aliphatic heterocycles. The molecule has 40 heavy (non-hydrogen) atoms. The summed E-state index contributed by atoms with van der Waals surface area (Å²) in [6, 6.07) is 0. The van der Waals surface area contributed by atoms with E-state index in [4.69, 9.17) is 0 Å². The van der Waals surface area contributed by atoms with Crippen molar-refractivity contribution in [3.8, 4) is 0 Å². The molecule has 0 fully saturated rings. The Bertz CT molecular complexity index is 667. The van der Waals surface area contributed by atoms with E-state index >= 15 is 0 Å². The van der Waals surface area contributed by atoms with Crippen LogP contribution in [0, 0.1) is 0 Å². The molecule has 0 bridgehead atoms. The van der Waals surface area contributed by atoms with Crippen molar-refractivity contribution in [2.75, 3.05) is 80.5 Å². The molecule has 0 saturated heterocycles.